The van der Waals surface area contributed by atoms with Crippen LogP contribution in [-0.4, -0.2) is 61.2 Å². The lowest BCUT2D eigenvalue weighted by Gasteiger charge is -2.22. The summed E-state index contributed by atoms with van der Waals surface area (Å²) in [5.41, 5.74) is 0.556. The number of fused-ring (bicyclic) bond motifs is 1. The number of hydrogen-bond donors (Lipinski definition) is 0. The molecule has 152 valence electrons. The van der Waals surface area contributed by atoms with E-state index in [1.807, 2.05) is 0 Å². The standard InChI is InChI=1S/C21H21ClN2O5/c22-16-3-5-17(6-4-16)27-13-20(25)23-8-1-9-24(11-10-23)21(26)15-2-7-18-19(12-15)29-14-28-18/h2-7,12H,1,8-11,13-14H2. The van der Waals surface area contributed by atoms with E-state index in [1.165, 1.54) is 0 Å². The average molecular weight is 417 g/mol. The first kappa shape index (κ1) is 19.4. The minimum absolute atomic E-state index is 0.0439. The maximum absolute atomic E-state index is 12.9. The number of ether oxygens (including phenoxy) is 3. The zero-order valence-electron chi connectivity index (χ0n) is 15.8. The number of nitrogens with zero attached hydrogens (tertiary/aromatic N) is 2. The third-order valence-corrected chi connectivity index (χ3v) is 5.18. The van der Waals surface area contributed by atoms with Crippen molar-refractivity contribution in [3.8, 4) is 17.2 Å². The van der Waals surface area contributed by atoms with Crippen molar-refractivity contribution in [2.75, 3.05) is 39.6 Å². The molecule has 4 rings (SSSR count). The smallest absolute Gasteiger partial charge is 0.260 e. The van der Waals surface area contributed by atoms with Gasteiger partial charge in [-0.05, 0) is 48.9 Å². The Hall–Kier alpha value is -2.93. The van der Waals surface area contributed by atoms with Gasteiger partial charge >= 0.3 is 0 Å². The predicted octanol–water partition coefficient (Wildman–Crippen LogP) is 2.82. The van der Waals surface area contributed by atoms with Gasteiger partial charge in [0.05, 0.1) is 0 Å². The Labute approximate surface area is 173 Å². The first-order valence-corrected chi connectivity index (χ1v) is 9.83. The minimum Gasteiger partial charge on any atom is -0.484 e. The summed E-state index contributed by atoms with van der Waals surface area (Å²) in [6.45, 7) is 2.26. The SMILES string of the molecule is O=C(COc1ccc(Cl)cc1)N1CCCN(C(=O)c2ccc3c(c2)OCO3)CC1. The molecule has 0 atom stereocenters. The Kier molecular flexibility index (Phi) is 5.76. The van der Waals surface area contributed by atoms with Crippen LogP contribution >= 0.6 is 11.6 Å². The van der Waals surface area contributed by atoms with Gasteiger partial charge in [0.25, 0.3) is 11.8 Å². The number of amides is 2. The molecule has 0 aromatic heterocycles. The fourth-order valence-corrected chi connectivity index (χ4v) is 3.48. The van der Waals surface area contributed by atoms with Gasteiger partial charge in [-0.3, -0.25) is 9.59 Å². The van der Waals surface area contributed by atoms with Crippen molar-refractivity contribution in [1.82, 2.24) is 9.80 Å². The van der Waals surface area contributed by atoms with E-state index in [1.54, 1.807) is 52.3 Å². The number of halogens is 1. The van der Waals surface area contributed by atoms with Crippen molar-refractivity contribution < 1.29 is 23.8 Å². The lowest BCUT2D eigenvalue weighted by Crippen LogP contribution is -2.39. The molecular formula is C21H21ClN2O5. The molecule has 1 fully saturated rings. The van der Waals surface area contributed by atoms with Gasteiger partial charge in [-0.2, -0.15) is 0 Å². The molecule has 1 saturated heterocycles. The van der Waals surface area contributed by atoms with Crippen LogP contribution < -0.4 is 14.2 Å². The largest absolute Gasteiger partial charge is 0.484 e. The van der Waals surface area contributed by atoms with Crippen molar-refractivity contribution in [1.29, 1.82) is 0 Å². The van der Waals surface area contributed by atoms with E-state index in [0.29, 0.717) is 60.4 Å². The van der Waals surface area contributed by atoms with Crippen LogP contribution in [0.15, 0.2) is 42.5 Å². The van der Waals surface area contributed by atoms with Crippen molar-refractivity contribution in [2.24, 2.45) is 0 Å². The van der Waals surface area contributed by atoms with Gasteiger partial charge in [-0.1, -0.05) is 11.6 Å². The molecule has 0 bridgehead atoms. The molecule has 0 unspecified atom stereocenters. The number of benzene rings is 2. The molecular weight excluding hydrogens is 396 g/mol. The molecule has 2 amide bonds. The molecule has 2 aliphatic rings. The van der Waals surface area contributed by atoms with Gasteiger partial charge in [0.1, 0.15) is 5.75 Å². The third kappa shape index (κ3) is 4.56. The first-order valence-electron chi connectivity index (χ1n) is 9.45. The minimum atomic E-state index is -0.0997. The quantitative estimate of drug-likeness (QED) is 0.766. The number of rotatable bonds is 4. The predicted molar refractivity (Wildman–Crippen MR) is 107 cm³/mol. The molecule has 0 N–H and O–H groups in total. The van der Waals surface area contributed by atoms with Crippen LogP contribution in [0.3, 0.4) is 0 Å². The van der Waals surface area contributed by atoms with Gasteiger partial charge < -0.3 is 24.0 Å². The molecule has 7 nitrogen and oxygen atoms in total. The molecule has 0 saturated carbocycles. The summed E-state index contributed by atoms with van der Waals surface area (Å²) in [7, 11) is 0. The van der Waals surface area contributed by atoms with E-state index in [2.05, 4.69) is 0 Å². The molecule has 2 heterocycles. The van der Waals surface area contributed by atoms with Crippen molar-refractivity contribution >= 4 is 23.4 Å². The maximum Gasteiger partial charge on any atom is 0.260 e. The van der Waals surface area contributed by atoms with Gasteiger partial charge in [0.15, 0.2) is 18.1 Å². The lowest BCUT2D eigenvalue weighted by atomic mass is 10.1. The molecule has 2 aromatic carbocycles. The normalized spacial score (nSPS) is 15.8. The second kappa shape index (κ2) is 8.61. The summed E-state index contributed by atoms with van der Waals surface area (Å²) in [4.78, 5) is 28.9. The van der Waals surface area contributed by atoms with Crippen LogP contribution in [-0.2, 0) is 4.79 Å². The summed E-state index contributed by atoms with van der Waals surface area (Å²) >= 11 is 5.85. The second-order valence-electron chi connectivity index (χ2n) is 6.84. The zero-order chi connectivity index (χ0) is 20.2. The van der Waals surface area contributed by atoms with E-state index < -0.39 is 0 Å². The van der Waals surface area contributed by atoms with Crippen LogP contribution in [0.1, 0.15) is 16.8 Å². The highest BCUT2D eigenvalue weighted by Crippen LogP contribution is 2.32. The van der Waals surface area contributed by atoms with Crippen LogP contribution in [0.2, 0.25) is 5.02 Å². The highest BCUT2D eigenvalue weighted by Gasteiger charge is 2.24. The van der Waals surface area contributed by atoms with E-state index in [9.17, 15) is 9.59 Å². The van der Waals surface area contributed by atoms with Crippen LogP contribution in [0.5, 0.6) is 17.2 Å². The van der Waals surface area contributed by atoms with Gasteiger partial charge in [0, 0.05) is 36.8 Å². The Morgan fingerprint density at radius 2 is 1.66 bits per heavy atom. The molecule has 0 spiro atoms. The van der Waals surface area contributed by atoms with Crippen molar-refractivity contribution in [2.45, 2.75) is 6.42 Å². The van der Waals surface area contributed by atoms with Crippen LogP contribution in [0, 0.1) is 0 Å². The second-order valence-corrected chi connectivity index (χ2v) is 7.27. The average Bonchev–Trinajstić information content (AvgIpc) is 3.07. The van der Waals surface area contributed by atoms with E-state index in [4.69, 9.17) is 25.8 Å². The topological polar surface area (TPSA) is 68.3 Å². The van der Waals surface area contributed by atoms with Gasteiger partial charge in [-0.25, -0.2) is 0 Å². The Bertz CT molecular complexity index is 902. The fourth-order valence-electron chi connectivity index (χ4n) is 3.35. The molecule has 2 aliphatic heterocycles. The molecule has 0 radical (unpaired) electrons. The summed E-state index contributed by atoms with van der Waals surface area (Å²) in [5, 5.41) is 0.614. The number of hydrogen-bond acceptors (Lipinski definition) is 5. The van der Waals surface area contributed by atoms with Crippen molar-refractivity contribution in [3.05, 3.63) is 53.1 Å². The number of carbonyl (C=O) groups excluding carboxylic acids is 2. The Morgan fingerprint density at radius 1 is 0.931 bits per heavy atom. The summed E-state index contributed by atoms with van der Waals surface area (Å²) in [6, 6.07) is 12.1. The van der Waals surface area contributed by atoms with Crippen molar-refractivity contribution in [3.63, 3.8) is 0 Å². The van der Waals surface area contributed by atoms with E-state index >= 15 is 0 Å². The summed E-state index contributed by atoms with van der Waals surface area (Å²) < 4.78 is 16.2. The van der Waals surface area contributed by atoms with E-state index in [0.717, 1.165) is 0 Å². The molecule has 29 heavy (non-hydrogen) atoms. The highest BCUT2D eigenvalue weighted by molar-refractivity contribution is 6.30. The van der Waals surface area contributed by atoms with E-state index in [-0.39, 0.29) is 25.2 Å². The van der Waals surface area contributed by atoms with Crippen LogP contribution in [0.4, 0.5) is 0 Å². The maximum atomic E-state index is 12.9. The van der Waals surface area contributed by atoms with Gasteiger partial charge in [-0.15, -0.1) is 0 Å². The summed E-state index contributed by atoms with van der Waals surface area (Å²) in [6.07, 6.45) is 0.711. The Morgan fingerprint density at radius 3 is 2.48 bits per heavy atom. The van der Waals surface area contributed by atoms with Gasteiger partial charge in [0.2, 0.25) is 6.79 Å². The molecule has 8 heteroatoms. The number of carbonyl (C=O) groups is 2. The first-order chi connectivity index (χ1) is 14.1. The highest BCUT2D eigenvalue weighted by atomic mass is 35.5. The Balaban J connectivity index is 1.32. The molecule has 0 aliphatic carbocycles. The fraction of sp³-hybridized carbons (Fsp3) is 0.333. The lowest BCUT2D eigenvalue weighted by molar-refractivity contribution is -0.133. The monoisotopic (exact) mass is 416 g/mol. The summed E-state index contributed by atoms with van der Waals surface area (Å²) in [5.74, 6) is 1.65. The molecule has 2 aromatic rings. The third-order valence-electron chi connectivity index (χ3n) is 4.93. The van der Waals surface area contributed by atoms with Crippen LogP contribution in [0.25, 0.3) is 0 Å². The zero-order valence-corrected chi connectivity index (χ0v) is 16.6.